The standard InChI is InChI=1S/C30H35NO2/c1-24-17-18-30(32)29(22-24)28(25-12-5-3-6-13-25)23-26-14-9-10-19-31(26,2)20-11-21-33-27-15-7-4-8-16-27/h3-8,12-13,15-18,22-23,26H,9-11,14,19-21H2,1-2H3/p+1/b28-23+. The fourth-order valence-corrected chi connectivity index (χ4v) is 4.99. The quantitative estimate of drug-likeness (QED) is 0.315. The van der Waals surface area contributed by atoms with Crippen molar-refractivity contribution >= 4 is 5.57 Å². The molecule has 1 aliphatic heterocycles. The summed E-state index contributed by atoms with van der Waals surface area (Å²) < 4.78 is 6.98. The summed E-state index contributed by atoms with van der Waals surface area (Å²) in [7, 11) is 2.39. The van der Waals surface area contributed by atoms with Crippen LogP contribution in [0.1, 0.15) is 42.4 Å². The van der Waals surface area contributed by atoms with E-state index in [-0.39, 0.29) is 0 Å². The van der Waals surface area contributed by atoms with Crippen LogP contribution in [0.15, 0.2) is 84.9 Å². The molecule has 1 N–H and O–H groups in total. The number of rotatable bonds is 8. The Hall–Kier alpha value is -3.04. The molecule has 0 radical (unpaired) electrons. The van der Waals surface area contributed by atoms with Crippen molar-refractivity contribution in [3.8, 4) is 11.5 Å². The van der Waals surface area contributed by atoms with Crippen LogP contribution in [0.3, 0.4) is 0 Å². The first kappa shape index (κ1) is 23.1. The number of piperidine rings is 1. The monoisotopic (exact) mass is 442 g/mol. The molecule has 3 aromatic rings. The predicted molar refractivity (Wildman–Crippen MR) is 136 cm³/mol. The Bertz CT molecular complexity index is 1060. The van der Waals surface area contributed by atoms with Crippen LogP contribution in [0.2, 0.25) is 0 Å². The zero-order chi connectivity index (χ0) is 23.1. The first-order valence-electron chi connectivity index (χ1n) is 12.1. The zero-order valence-electron chi connectivity index (χ0n) is 19.9. The molecule has 0 amide bonds. The topological polar surface area (TPSA) is 29.5 Å². The minimum Gasteiger partial charge on any atom is -0.507 e. The van der Waals surface area contributed by atoms with Gasteiger partial charge in [0.25, 0.3) is 0 Å². The molecule has 0 aromatic heterocycles. The normalized spacial score (nSPS) is 21.0. The summed E-state index contributed by atoms with van der Waals surface area (Å²) in [5.74, 6) is 1.29. The third-order valence-corrected chi connectivity index (χ3v) is 6.93. The number of likely N-dealkylation sites (N-methyl/N-ethyl adjacent to an activating group) is 1. The number of para-hydroxylation sites is 1. The van der Waals surface area contributed by atoms with Crippen molar-refractivity contribution in [1.29, 1.82) is 0 Å². The molecule has 0 aliphatic carbocycles. The third kappa shape index (κ3) is 5.85. The minimum atomic E-state index is 0.344. The molecular weight excluding hydrogens is 406 g/mol. The molecule has 2 atom stereocenters. The van der Waals surface area contributed by atoms with Crippen LogP contribution in [0, 0.1) is 6.92 Å². The highest BCUT2D eigenvalue weighted by Crippen LogP contribution is 2.35. The van der Waals surface area contributed by atoms with E-state index in [4.69, 9.17) is 4.74 Å². The molecular formula is C30H36NO2+. The van der Waals surface area contributed by atoms with Crippen molar-refractivity contribution in [1.82, 2.24) is 0 Å². The number of hydrogen-bond donors (Lipinski definition) is 1. The number of hydrogen-bond acceptors (Lipinski definition) is 2. The molecule has 2 unspecified atom stereocenters. The van der Waals surface area contributed by atoms with Crippen molar-refractivity contribution in [2.24, 2.45) is 0 Å². The van der Waals surface area contributed by atoms with Gasteiger partial charge in [-0.2, -0.15) is 0 Å². The summed E-state index contributed by atoms with van der Waals surface area (Å²) >= 11 is 0. The molecule has 172 valence electrons. The van der Waals surface area contributed by atoms with Crippen molar-refractivity contribution in [2.45, 2.75) is 38.6 Å². The van der Waals surface area contributed by atoms with Crippen molar-refractivity contribution in [2.75, 3.05) is 26.7 Å². The largest absolute Gasteiger partial charge is 0.507 e. The zero-order valence-corrected chi connectivity index (χ0v) is 19.9. The third-order valence-electron chi connectivity index (χ3n) is 6.93. The van der Waals surface area contributed by atoms with E-state index in [1.807, 2.05) is 48.5 Å². The summed E-state index contributed by atoms with van der Waals surface area (Å²) in [5.41, 5.74) is 4.37. The molecule has 33 heavy (non-hydrogen) atoms. The maximum atomic E-state index is 10.7. The lowest BCUT2D eigenvalue weighted by Crippen LogP contribution is -2.55. The maximum absolute atomic E-state index is 10.7. The number of benzene rings is 3. The molecule has 1 heterocycles. The van der Waals surface area contributed by atoms with Crippen LogP contribution in [-0.4, -0.2) is 42.4 Å². The Morgan fingerprint density at radius 3 is 2.48 bits per heavy atom. The molecule has 1 fully saturated rings. The first-order valence-corrected chi connectivity index (χ1v) is 12.1. The highest BCUT2D eigenvalue weighted by Gasteiger charge is 2.34. The summed E-state index contributed by atoms with van der Waals surface area (Å²) in [4.78, 5) is 0. The smallest absolute Gasteiger partial charge is 0.123 e. The predicted octanol–water partition coefficient (Wildman–Crippen LogP) is 6.60. The van der Waals surface area contributed by atoms with E-state index < -0.39 is 0 Å². The van der Waals surface area contributed by atoms with Gasteiger partial charge < -0.3 is 14.3 Å². The second-order valence-corrected chi connectivity index (χ2v) is 9.47. The molecule has 3 heteroatoms. The average Bonchev–Trinajstić information content (AvgIpc) is 2.84. The van der Waals surface area contributed by atoms with Gasteiger partial charge in [0.2, 0.25) is 0 Å². The van der Waals surface area contributed by atoms with E-state index in [2.05, 4.69) is 50.4 Å². The molecule has 3 nitrogen and oxygen atoms in total. The van der Waals surface area contributed by atoms with Gasteiger partial charge in [-0.05, 0) is 61.2 Å². The summed E-state index contributed by atoms with van der Waals surface area (Å²) in [5, 5.41) is 10.7. The average molecular weight is 443 g/mol. The molecule has 0 bridgehead atoms. The van der Waals surface area contributed by atoms with Crippen LogP contribution < -0.4 is 4.74 Å². The van der Waals surface area contributed by atoms with Gasteiger partial charge in [-0.3, -0.25) is 0 Å². The van der Waals surface area contributed by atoms with E-state index in [1.54, 1.807) is 0 Å². The van der Waals surface area contributed by atoms with Crippen LogP contribution in [0.25, 0.3) is 5.57 Å². The van der Waals surface area contributed by atoms with Gasteiger partial charge in [0.05, 0.1) is 26.7 Å². The number of quaternary nitrogens is 1. The van der Waals surface area contributed by atoms with Gasteiger partial charge in [0, 0.05) is 18.4 Å². The van der Waals surface area contributed by atoms with Crippen LogP contribution in [-0.2, 0) is 0 Å². The number of phenolic OH excluding ortho intramolecular Hbond substituents is 1. The lowest BCUT2D eigenvalue weighted by Gasteiger charge is -2.44. The molecule has 3 aromatic carbocycles. The maximum Gasteiger partial charge on any atom is 0.123 e. The lowest BCUT2D eigenvalue weighted by atomic mass is 9.90. The number of ether oxygens (including phenoxy) is 1. The van der Waals surface area contributed by atoms with E-state index in [0.29, 0.717) is 11.8 Å². The molecule has 0 spiro atoms. The number of nitrogens with zero attached hydrogens (tertiary/aromatic N) is 1. The van der Waals surface area contributed by atoms with Crippen LogP contribution in [0.5, 0.6) is 11.5 Å². The lowest BCUT2D eigenvalue weighted by molar-refractivity contribution is -0.931. The SMILES string of the molecule is Cc1ccc(O)c(/C(=C/C2CCCC[N+]2(C)CCCOc2ccccc2)c2ccccc2)c1. The van der Waals surface area contributed by atoms with Crippen molar-refractivity contribution in [3.63, 3.8) is 0 Å². The fourth-order valence-electron chi connectivity index (χ4n) is 4.99. The number of likely N-dealkylation sites (tertiary alicyclic amines) is 1. The van der Waals surface area contributed by atoms with Crippen LogP contribution >= 0.6 is 0 Å². The van der Waals surface area contributed by atoms with Gasteiger partial charge in [-0.25, -0.2) is 0 Å². The second-order valence-electron chi connectivity index (χ2n) is 9.47. The summed E-state index contributed by atoms with van der Waals surface area (Å²) in [6, 6.07) is 26.9. The second kappa shape index (κ2) is 10.7. The molecule has 4 rings (SSSR count). The van der Waals surface area contributed by atoms with Crippen molar-refractivity contribution < 1.29 is 14.3 Å². The Balaban J connectivity index is 1.58. The van der Waals surface area contributed by atoms with Crippen molar-refractivity contribution in [3.05, 3.63) is 102 Å². The van der Waals surface area contributed by atoms with Gasteiger partial charge >= 0.3 is 0 Å². The summed E-state index contributed by atoms with van der Waals surface area (Å²) in [6.07, 6.45) is 7.13. The van der Waals surface area contributed by atoms with E-state index in [9.17, 15) is 5.11 Å². The molecule has 0 saturated carbocycles. The van der Waals surface area contributed by atoms with E-state index >= 15 is 0 Å². The van der Waals surface area contributed by atoms with Gasteiger partial charge in [-0.15, -0.1) is 0 Å². The van der Waals surface area contributed by atoms with E-state index in [0.717, 1.165) is 52.1 Å². The Morgan fingerprint density at radius 1 is 1.00 bits per heavy atom. The summed E-state index contributed by atoms with van der Waals surface area (Å²) in [6.45, 7) is 5.07. The Morgan fingerprint density at radius 2 is 1.73 bits per heavy atom. The highest BCUT2D eigenvalue weighted by molar-refractivity contribution is 5.83. The molecule has 1 aliphatic rings. The number of aromatic hydroxyl groups is 1. The van der Waals surface area contributed by atoms with E-state index in [1.165, 1.54) is 25.8 Å². The molecule has 1 saturated heterocycles. The van der Waals surface area contributed by atoms with Crippen LogP contribution in [0.4, 0.5) is 0 Å². The first-order chi connectivity index (χ1) is 16.0. The minimum absolute atomic E-state index is 0.344. The Labute approximate surface area is 198 Å². The highest BCUT2D eigenvalue weighted by atomic mass is 16.5. The fraction of sp³-hybridized carbons (Fsp3) is 0.333. The Kier molecular flexibility index (Phi) is 7.51. The van der Waals surface area contributed by atoms with Gasteiger partial charge in [-0.1, -0.05) is 60.2 Å². The number of phenols is 1. The van der Waals surface area contributed by atoms with Gasteiger partial charge in [0.15, 0.2) is 0 Å². The number of aryl methyl sites for hydroxylation is 1. The van der Waals surface area contributed by atoms with Gasteiger partial charge in [0.1, 0.15) is 17.5 Å².